The van der Waals surface area contributed by atoms with Crippen LogP contribution < -0.4 is 15.6 Å². The van der Waals surface area contributed by atoms with E-state index in [2.05, 4.69) is 10.2 Å². The number of hydrogen-bond acceptors (Lipinski definition) is 5. The molecule has 2 aromatic rings. The predicted molar refractivity (Wildman–Crippen MR) is 111 cm³/mol. The van der Waals surface area contributed by atoms with Gasteiger partial charge in [0.15, 0.2) is 0 Å². The Hall–Kier alpha value is -3.27. The summed E-state index contributed by atoms with van der Waals surface area (Å²) in [6.45, 7) is 4.68. The van der Waals surface area contributed by atoms with Crippen molar-refractivity contribution in [3.8, 4) is 6.07 Å². The van der Waals surface area contributed by atoms with Gasteiger partial charge in [0.1, 0.15) is 5.56 Å². The Kier molecular flexibility index (Phi) is 5.01. The molecule has 29 heavy (non-hydrogen) atoms. The molecule has 1 atom stereocenters. The Morgan fingerprint density at radius 2 is 2.17 bits per heavy atom. The molecule has 0 amide bonds. The highest BCUT2D eigenvalue weighted by Gasteiger charge is 2.29. The highest BCUT2D eigenvalue weighted by atomic mass is 16.4. The first-order chi connectivity index (χ1) is 14.0. The van der Waals surface area contributed by atoms with Crippen molar-refractivity contribution in [2.24, 2.45) is 5.92 Å². The minimum Gasteiger partial charge on any atom is -0.477 e. The predicted octanol–water partition coefficient (Wildman–Crippen LogP) is 2.80. The maximum absolute atomic E-state index is 12.7. The van der Waals surface area contributed by atoms with Crippen molar-refractivity contribution >= 4 is 22.6 Å². The average molecular weight is 392 g/mol. The molecule has 2 heterocycles. The van der Waals surface area contributed by atoms with Crippen LogP contribution in [0, 0.1) is 24.2 Å². The molecular weight excluding hydrogens is 368 g/mol. The molecule has 1 unspecified atom stereocenters. The summed E-state index contributed by atoms with van der Waals surface area (Å²) in [4.78, 5) is 26.6. The van der Waals surface area contributed by atoms with E-state index in [9.17, 15) is 14.7 Å². The van der Waals surface area contributed by atoms with E-state index in [1.165, 1.54) is 12.3 Å². The number of pyridine rings is 1. The largest absolute Gasteiger partial charge is 0.477 e. The van der Waals surface area contributed by atoms with Gasteiger partial charge in [0.05, 0.1) is 11.6 Å². The van der Waals surface area contributed by atoms with Crippen LogP contribution in [0.4, 0.5) is 5.69 Å². The summed E-state index contributed by atoms with van der Waals surface area (Å²) in [5, 5.41) is 21.6. The third kappa shape index (κ3) is 3.58. The molecular formula is C22H24N4O3. The Bertz CT molecular complexity index is 1090. The first-order valence-electron chi connectivity index (χ1n) is 9.96. The highest BCUT2D eigenvalue weighted by Crippen LogP contribution is 2.39. The minimum absolute atomic E-state index is 0.158. The van der Waals surface area contributed by atoms with Crippen LogP contribution >= 0.6 is 0 Å². The summed E-state index contributed by atoms with van der Waals surface area (Å²) < 4.78 is 2.00. The Balaban J connectivity index is 1.68. The number of aromatic carboxylic acids is 1. The van der Waals surface area contributed by atoms with Crippen LogP contribution in [0.1, 0.15) is 41.2 Å². The number of carboxylic acid groups (broad SMARTS) is 1. The van der Waals surface area contributed by atoms with Crippen LogP contribution in [0.3, 0.4) is 0 Å². The molecule has 4 rings (SSSR count). The van der Waals surface area contributed by atoms with Crippen LogP contribution in [-0.4, -0.2) is 35.3 Å². The Labute approximate surface area is 168 Å². The molecule has 0 spiro atoms. The first kappa shape index (κ1) is 19.1. The number of nitriles is 1. The summed E-state index contributed by atoms with van der Waals surface area (Å²) in [5.74, 6) is -0.693. The van der Waals surface area contributed by atoms with Gasteiger partial charge in [-0.05, 0) is 49.8 Å². The number of nitrogens with zero attached hydrogens (tertiary/aromatic N) is 3. The number of aromatic nitrogens is 1. The fourth-order valence-corrected chi connectivity index (χ4v) is 4.30. The van der Waals surface area contributed by atoms with E-state index in [1.54, 1.807) is 12.3 Å². The number of carboxylic acids is 1. The zero-order valence-electron chi connectivity index (χ0n) is 16.4. The van der Waals surface area contributed by atoms with Gasteiger partial charge in [0, 0.05) is 55.2 Å². The summed E-state index contributed by atoms with van der Waals surface area (Å²) in [6.07, 6.45) is 7.71. The van der Waals surface area contributed by atoms with E-state index in [0.29, 0.717) is 11.3 Å². The molecule has 1 aliphatic carbocycles. The van der Waals surface area contributed by atoms with E-state index in [0.717, 1.165) is 55.7 Å². The molecule has 1 saturated heterocycles. The van der Waals surface area contributed by atoms with Gasteiger partial charge >= 0.3 is 5.97 Å². The van der Waals surface area contributed by atoms with E-state index >= 15 is 0 Å². The molecule has 150 valence electrons. The second kappa shape index (κ2) is 7.63. The van der Waals surface area contributed by atoms with Crippen LogP contribution in [0.2, 0.25) is 0 Å². The van der Waals surface area contributed by atoms with Crippen molar-refractivity contribution in [2.75, 3.05) is 24.5 Å². The smallest absolute Gasteiger partial charge is 0.341 e. The lowest BCUT2D eigenvalue weighted by molar-refractivity contribution is 0.0695. The quantitative estimate of drug-likeness (QED) is 0.734. The molecule has 1 saturated carbocycles. The number of fused-ring (bicyclic) bond motifs is 1. The first-order valence-corrected chi connectivity index (χ1v) is 9.96. The van der Waals surface area contributed by atoms with Crippen molar-refractivity contribution in [3.05, 3.63) is 52.0 Å². The second-order valence-electron chi connectivity index (χ2n) is 7.89. The molecule has 1 aromatic heterocycles. The second-order valence-corrected chi connectivity index (χ2v) is 7.89. The molecule has 2 fully saturated rings. The van der Waals surface area contributed by atoms with Crippen LogP contribution in [-0.2, 0) is 0 Å². The Morgan fingerprint density at radius 1 is 1.38 bits per heavy atom. The molecule has 2 aliphatic rings. The van der Waals surface area contributed by atoms with Crippen molar-refractivity contribution in [1.29, 1.82) is 5.26 Å². The molecule has 0 bridgehead atoms. The fourth-order valence-electron chi connectivity index (χ4n) is 4.30. The molecule has 1 aliphatic heterocycles. The fraction of sp³-hybridized carbons (Fsp3) is 0.409. The van der Waals surface area contributed by atoms with E-state index in [1.807, 2.05) is 23.6 Å². The van der Waals surface area contributed by atoms with Gasteiger partial charge in [0.25, 0.3) is 0 Å². The average Bonchev–Trinajstić information content (AvgIpc) is 3.44. The summed E-state index contributed by atoms with van der Waals surface area (Å²) in [6, 6.07) is 5.98. The number of nitrogens with one attached hydrogen (secondary N) is 1. The summed E-state index contributed by atoms with van der Waals surface area (Å²) in [7, 11) is 0. The standard InChI is InChI=1S/C22H24N4O3/c1-14-19(25-10-7-15(12-25)11-24-9-2-8-23)6-5-17-20(14)26(16-3-4-16)13-18(21(17)27)22(28)29/h2,5-6,9,13,15-16,24H,3-4,7,10-12H2,1H3,(H,28,29)/b9-2+. The molecule has 7 heteroatoms. The normalized spacial score (nSPS) is 19.0. The highest BCUT2D eigenvalue weighted by molar-refractivity contribution is 5.95. The van der Waals surface area contributed by atoms with E-state index in [4.69, 9.17) is 5.26 Å². The number of anilines is 1. The van der Waals surface area contributed by atoms with Gasteiger partial charge in [-0.1, -0.05) is 0 Å². The van der Waals surface area contributed by atoms with Gasteiger partial charge in [-0.2, -0.15) is 5.26 Å². The van der Waals surface area contributed by atoms with Gasteiger partial charge in [-0.15, -0.1) is 0 Å². The van der Waals surface area contributed by atoms with Crippen molar-refractivity contribution < 1.29 is 9.90 Å². The third-order valence-electron chi connectivity index (χ3n) is 5.90. The third-order valence-corrected chi connectivity index (χ3v) is 5.90. The maximum atomic E-state index is 12.7. The molecule has 0 radical (unpaired) electrons. The molecule has 1 aromatic carbocycles. The van der Waals surface area contributed by atoms with Crippen molar-refractivity contribution in [2.45, 2.75) is 32.2 Å². The van der Waals surface area contributed by atoms with Crippen molar-refractivity contribution in [3.63, 3.8) is 0 Å². The number of carbonyl (C=O) groups is 1. The lowest BCUT2D eigenvalue weighted by Crippen LogP contribution is -2.25. The number of rotatable bonds is 6. The zero-order chi connectivity index (χ0) is 20.5. The lowest BCUT2D eigenvalue weighted by Gasteiger charge is -2.24. The van der Waals surface area contributed by atoms with Crippen molar-refractivity contribution in [1.82, 2.24) is 9.88 Å². The number of allylic oxidation sites excluding steroid dienone is 1. The van der Waals surface area contributed by atoms with Gasteiger partial charge in [-0.3, -0.25) is 4.79 Å². The monoisotopic (exact) mass is 392 g/mol. The van der Waals surface area contributed by atoms with Gasteiger partial charge in [-0.25, -0.2) is 4.79 Å². The van der Waals surface area contributed by atoms with E-state index < -0.39 is 11.4 Å². The molecule has 2 N–H and O–H groups in total. The summed E-state index contributed by atoms with van der Waals surface area (Å²) in [5.41, 5.74) is 2.42. The molecule has 7 nitrogen and oxygen atoms in total. The number of benzene rings is 1. The van der Waals surface area contributed by atoms with Gasteiger partial charge in [0.2, 0.25) is 5.43 Å². The maximum Gasteiger partial charge on any atom is 0.341 e. The Morgan fingerprint density at radius 3 is 2.86 bits per heavy atom. The number of aryl methyl sites for hydroxylation is 1. The summed E-state index contributed by atoms with van der Waals surface area (Å²) >= 11 is 0. The van der Waals surface area contributed by atoms with E-state index in [-0.39, 0.29) is 11.6 Å². The minimum atomic E-state index is -1.17. The van der Waals surface area contributed by atoms with Gasteiger partial charge < -0.3 is 19.9 Å². The SMILES string of the molecule is Cc1c(N2CCC(CN/C=C/C#N)C2)ccc2c(=O)c(C(=O)O)cn(C3CC3)c12. The topological polar surface area (TPSA) is 98.4 Å². The van der Waals surface area contributed by atoms with Crippen LogP contribution in [0.25, 0.3) is 10.9 Å². The number of hydrogen-bond donors (Lipinski definition) is 2. The van der Waals surface area contributed by atoms with Crippen LogP contribution in [0.15, 0.2) is 35.4 Å². The van der Waals surface area contributed by atoms with Crippen LogP contribution in [0.5, 0.6) is 0 Å². The zero-order valence-corrected chi connectivity index (χ0v) is 16.4. The lowest BCUT2D eigenvalue weighted by atomic mass is 10.0.